The first-order valence-corrected chi connectivity index (χ1v) is 5.53. The van der Waals surface area contributed by atoms with Crippen molar-refractivity contribution in [2.24, 2.45) is 7.05 Å². The maximum atomic E-state index is 11.9. The summed E-state index contributed by atoms with van der Waals surface area (Å²) >= 11 is 0. The number of carbonyl (C=O) groups excluding carboxylic acids is 1. The smallest absolute Gasteiger partial charge is 0.330 e. The minimum absolute atomic E-state index is 0.0738. The Morgan fingerprint density at radius 1 is 1.32 bits per heavy atom. The Labute approximate surface area is 108 Å². The lowest BCUT2D eigenvalue weighted by atomic mass is 10.1. The Balaban J connectivity index is 2.18. The van der Waals surface area contributed by atoms with Gasteiger partial charge in [-0.15, -0.1) is 5.10 Å². The van der Waals surface area contributed by atoms with E-state index in [-0.39, 0.29) is 5.69 Å². The van der Waals surface area contributed by atoms with Gasteiger partial charge in [-0.2, -0.15) is 0 Å². The van der Waals surface area contributed by atoms with E-state index in [2.05, 4.69) is 15.6 Å². The molecule has 2 aromatic rings. The van der Waals surface area contributed by atoms with Crippen LogP contribution in [0.2, 0.25) is 0 Å². The molecule has 1 aromatic heterocycles. The summed E-state index contributed by atoms with van der Waals surface area (Å²) in [5, 5.41) is 18.8. The summed E-state index contributed by atoms with van der Waals surface area (Å²) in [6, 6.07) is 7.34. The second-order valence-electron chi connectivity index (χ2n) is 3.93. The molecule has 0 fully saturated rings. The van der Waals surface area contributed by atoms with Crippen molar-refractivity contribution in [3.8, 4) is 0 Å². The molecule has 0 spiro atoms. The van der Waals surface area contributed by atoms with Crippen molar-refractivity contribution >= 4 is 11.9 Å². The number of carboxylic acids is 1. The molecule has 98 valence electrons. The van der Waals surface area contributed by atoms with Crippen molar-refractivity contribution in [3.05, 3.63) is 47.8 Å². The largest absolute Gasteiger partial charge is 0.479 e. The van der Waals surface area contributed by atoms with Crippen LogP contribution >= 0.6 is 0 Å². The molecule has 2 N–H and O–H groups in total. The molecule has 0 bridgehead atoms. The first-order chi connectivity index (χ1) is 9.08. The number of amides is 1. The summed E-state index contributed by atoms with van der Waals surface area (Å²) < 4.78 is 1.37. The third-order valence-electron chi connectivity index (χ3n) is 2.49. The average Bonchev–Trinajstić information content (AvgIpc) is 2.83. The summed E-state index contributed by atoms with van der Waals surface area (Å²) in [7, 11) is 1.62. The standard InChI is InChI=1S/C12H12N4O3/c1-16-7-9(14-15-16)11(17)13-10(12(18)19)8-5-3-2-4-6-8/h2-7,10H,1H3,(H,13,17)(H,18,19). The lowest BCUT2D eigenvalue weighted by molar-refractivity contribution is -0.139. The molecule has 0 saturated carbocycles. The van der Waals surface area contributed by atoms with E-state index in [1.807, 2.05) is 0 Å². The minimum Gasteiger partial charge on any atom is -0.479 e. The van der Waals surface area contributed by atoms with Gasteiger partial charge in [-0.25, -0.2) is 4.79 Å². The van der Waals surface area contributed by atoms with Gasteiger partial charge in [0.25, 0.3) is 5.91 Å². The molecule has 0 saturated heterocycles. The van der Waals surface area contributed by atoms with Gasteiger partial charge in [0.05, 0.1) is 6.20 Å². The van der Waals surface area contributed by atoms with Crippen LogP contribution in [0.3, 0.4) is 0 Å². The first kappa shape index (κ1) is 12.7. The van der Waals surface area contributed by atoms with Gasteiger partial charge >= 0.3 is 5.97 Å². The lowest BCUT2D eigenvalue weighted by Crippen LogP contribution is -2.33. The SMILES string of the molecule is Cn1cc(C(=O)NC(C(=O)O)c2ccccc2)nn1. The third-order valence-corrected chi connectivity index (χ3v) is 2.49. The molecular formula is C12H12N4O3. The fraction of sp³-hybridized carbons (Fsp3) is 0.167. The highest BCUT2D eigenvalue weighted by atomic mass is 16.4. The molecule has 0 aliphatic rings. The van der Waals surface area contributed by atoms with Gasteiger partial charge in [-0.1, -0.05) is 35.5 Å². The van der Waals surface area contributed by atoms with Crippen LogP contribution in [-0.2, 0) is 11.8 Å². The average molecular weight is 260 g/mol. The maximum Gasteiger partial charge on any atom is 0.330 e. The molecule has 1 aromatic carbocycles. The molecule has 1 atom stereocenters. The number of nitrogens with one attached hydrogen (secondary N) is 1. The van der Waals surface area contributed by atoms with Crippen molar-refractivity contribution in [2.45, 2.75) is 6.04 Å². The molecule has 1 heterocycles. The minimum atomic E-state index is -1.14. The fourth-order valence-electron chi connectivity index (χ4n) is 1.59. The van der Waals surface area contributed by atoms with Crippen molar-refractivity contribution < 1.29 is 14.7 Å². The topological polar surface area (TPSA) is 97.1 Å². The quantitative estimate of drug-likeness (QED) is 0.827. The highest BCUT2D eigenvalue weighted by Gasteiger charge is 2.23. The van der Waals surface area contributed by atoms with E-state index >= 15 is 0 Å². The maximum absolute atomic E-state index is 11.9. The first-order valence-electron chi connectivity index (χ1n) is 5.53. The summed E-state index contributed by atoms with van der Waals surface area (Å²) in [5.74, 6) is -1.72. The summed E-state index contributed by atoms with van der Waals surface area (Å²) in [6.07, 6.45) is 1.42. The van der Waals surface area contributed by atoms with Gasteiger partial charge in [-0.05, 0) is 5.56 Å². The molecule has 0 aliphatic carbocycles. The number of benzene rings is 1. The molecule has 0 aliphatic heterocycles. The van der Waals surface area contributed by atoms with Crippen LogP contribution in [0.5, 0.6) is 0 Å². The number of rotatable bonds is 4. The van der Waals surface area contributed by atoms with Crippen molar-refractivity contribution in [3.63, 3.8) is 0 Å². The van der Waals surface area contributed by atoms with Gasteiger partial charge in [0.15, 0.2) is 11.7 Å². The summed E-state index contributed by atoms with van der Waals surface area (Å²) in [4.78, 5) is 23.1. The van der Waals surface area contributed by atoms with E-state index in [9.17, 15) is 14.7 Å². The fourth-order valence-corrected chi connectivity index (χ4v) is 1.59. The number of hydrogen-bond donors (Lipinski definition) is 2. The van der Waals surface area contributed by atoms with Crippen LogP contribution < -0.4 is 5.32 Å². The zero-order valence-corrected chi connectivity index (χ0v) is 10.1. The van der Waals surface area contributed by atoms with E-state index in [1.54, 1.807) is 37.4 Å². The van der Waals surface area contributed by atoms with Gasteiger partial charge < -0.3 is 10.4 Å². The van der Waals surface area contributed by atoms with Gasteiger partial charge in [0.2, 0.25) is 0 Å². The zero-order valence-electron chi connectivity index (χ0n) is 10.1. The lowest BCUT2D eigenvalue weighted by Gasteiger charge is -2.13. The molecule has 1 amide bonds. The Morgan fingerprint density at radius 3 is 2.53 bits per heavy atom. The third kappa shape index (κ3) is 2.95. The predicted octanol–water partition coefficient (Wildman–Crippen LogP) is 0.371. The van der Waals surface area contributed by atoms with Crippen LogP contribution in [0.15, 0.2) is 36.5 Å². The van der Waals surface area contributed by atoms with Gasteiger partial charge in [0.1, 0.15) is 0 Å². The van der Waals surface area contributed by atoms with E-state index in [4.69, 9.17) is 0 Å². The van der Waals surface area contributed by atoms with Crippen LogP contribution in [0, 0.1) is 0 Å². The Kier molecular flexibility index (Phi) is 3.56. The molecule has 7 heteroatoms. The molecule has 1 unspecified atom stereocenters. The monoisotopic (exact) mass is 260 g/mol. The van der Waals surface area contributed by atoms with Gasteiger partial charge in [-0.3, -0.25) is 9.48 Å². The van der Waals surface area contributed by atoms with E-state index in [0.717, 1.165) is 0 Å². The zero-order chi connectivity index (χ0) is 13.8. The number of carboxylic acid groups (broad SMARTS) is 1. The number of aryl methyl sites for hydroxylation is 1. The molecule has 19 heavy (non-hydrogen) atoms. The Bertz CT molecular complexity index is 594. The van der Waals surface area contributed by atoms with Crippen LogP contribution in [0.1, 0.15) is 22.1 Å². The number of nitrogens with zero attached hydrogens (tertiary/aromatic N) is 3. The highest BCUT2D eigenvalue weighted by Crippen LogP contribution is 2.13. The molecule has 0 radical (unpaired) electrons. The molecule has 7 nitrogen and oxygen atoms in total. The number of aliphatic carboxylic acids is 1. The molecular weight excluding hydrogens is 248 g/mol. The highest BCUT2D eigenvalue weighted by molar-refractivity contribution is 5.94. The second kappa shape index (κ2) is 5.30. The Morgan fingerprint density at radius 2 is 2.00 bits per heavy atom. The second-order valence-corrected chi connectivity index (χ2v) is 3.93. The van der Waals surface area contributed by atoms with E-state index < -0.39 is 17.9 Å². The molecule has 2 rings (SSSR count). The summed E-state index contributed by atoms with van der Waals surface area (Å²) in [5.41, 5.74) is 0.567. The van der Waals surface area contributed by atoms with Crippen LogP contribution in [0.4, 0.5) is 0 Å². The van der Waals surface area contributed by atoms with Crippen molar-refractivity contribution in [1.82, 2.24) is 20.3 Å². The number of carbonyl (C=O) groups is 2. The Hall–Kier alpha value is -2.70. The van der Waals surface area contributed by atoms with Crippen LogP contribution in [0.25, 0.3) is 0 Å². The van der Waals surface area contributed by atoms with Gasteiger partial charge in [0, 0.05) is 7.05 Å². The van der Waals surface area contributed by atoms with E-state index in [0.29, 0.717) is 5.56 Å². The van der Waals surface area contributed by atoms with Crippen molar-refractivity contribution in [2.75, 3.05) is 0 Å². The number of aromatic nitrogens is 3. The van der Waals surface area contributed by atoms with E-state index in [1.165, 1.54) is 10.9 Å². The normalized spacial score (nSPS) is 11.8. The van der Waals surface area contributed by atoms with Crippen LogP contribution in [-0.4, -0.2) is 32.0 Å². The number of hydrogen-bond acceptors (Lipinski definition) is 4. The summed E-state index contributed by atoms with van der Waals surface area (Å²) in [6.45, 7) is 0. The predicted molar refractivity (Wildman–Crippen MR) is 65.3 cm³/mol. The van der Waals surface area contributed by atoms with Crippen molar-refractivity contribution in [1.29, 1.82) is 0 Å².